The first-order valence-corrected chi connectivity index (χ1v) is 6.22. The first-order valence-electron chi connectivity index (χ1n) is 4.04. The van der Waals surface area contributed by atoms with Crippen LogP contribution in [0.4, 0.5) is 0 Å². The lowest BCUT2D eigenvalue weighted by Gasteiger charge is -2.09. The van der Waals surface area contributed by atoms with E-state index in [1.807, 2.05) is 0 Å². The van der Waals surface area contributed by atoms with Crippen LogP contribution in [0.5, 0.6) is 0 Å². The Labute approximate surface area is 84.7 Å². The quantitative estimate of drug-likeness (QED) is 0.509. The number of sulfonamides is 1. The van der Waals surface area contributed by atoms with Crippen molar-refractivity contribution in [3.05, 3.63) is 0 Å². The van der Waals surface area contributed by atoms with Crippen molar-refractivity contribution in [2.45, 2.75) is 6.92 Å². The van der Waals surface area contributed by atoms with Gasteiger partial charge in [-0.2, -0.15) is 0 Å². The number of alkyl halides is 1. The fourth-order valence-electron chi connectivity index (χ4n) is 0.777. The van der Waals surface area contributed by atoms with Crippen LogP contribution in [0, 0.1) is 5.92 Å². The summed E-state index contributed by atoms with van der Waals surface area (Å²) in [4.78, 5) is 0. The van der Waals surface area contributed by atoms with Crippen LogP contribution in [0.1, 0.15) is 6.92 Å². The van der Waals surface area contributed by atoms with Gasteiger partial charge in [-0.25, -0.2) is 13.1 Å². The Morgan fingerprint density at radius 3 is 2.62 bits per heavy atom. The molecule has 0 aliphatic heterocycles. The number of hydrogen-bond donors (Lipinski definition) is 1. The molecule has 0 saturated heterocycles. The van der Waals surface area contributed by atoms with Gasteiger partial charge in [0.15, 0.2) is 0 Å². The van der Waals surface area contributed by atoms with Gasteiger partial charge in [-0.15, -0.1) is 11.6 Å². The number of nitrogens with one attached hydrogen (secondary N) is 1. The molecule has 0 aromatic heterocycles. The molecule has 0 radical (unpaired) electrons. The first-order chi connectivity index (χ1) is 6.02. The highest BCUT2D eigenvalue weighted by molar-refractivity contribution is 7.89. The monoisotopic (exact) mass is 229 g/mol. The van der Waals surface area contributed by atoms with E-state index < -0.39 is 10.0 Å². The van der Waals surface area contributed by atoms with E-state index in [2.05, 4.69) is 4.72 Å². The smallest absolute Gasteiger partial charge is 0.211 e. The molecule has 0 aliphatic carbocycles. The van der Waals surface area contributed by atoms with Gasteiger partial charge in [-0.1, -0.05) is 6.92 Å². The molecule has 6 heteroatoms. The maximum absolute atomic E-state index is 11.2. The number of ether oxygens (including phenoxy) is 1. The van der Waals surface area contributed by atoms with E-state index >= 15 is 0 Å². The molecule has 0 aromatic rings. The average Bonchev–Trinajstić information content (AvgIpc) is 2.03. The molecular formula is C7H16ClNO3S. The summed E-state index contributed by atoms with van der Waals surface area (Å²) in [6.45, 7) is 2.49. The van der Waals surface area contributed by atoms with E-state index in [0.29, 0.717) is 19.0 Å². The predicted octanol–water partition coefficient (Wildman–Crippen LogP) is 0.427. The molecule has 0 heterocycles. The van der Waals surface area contributed by atoms with Gasteiger partial charge in [0.05, 0.1) is 12.4 Å². The molecule has 0 aromatic carbocycles. The van der Waals surface area contributed by atoms with Crippen LogP contribution < -0.4 is 4.72 Å². The molecule has 13 heavy (non-hydrogen) atoms. The van der Waals surface area contributed by atoms with Crippen molar-refractivity contribution in [1.29, 1.82) is 0 Å². The summed E-state index contributed by atoms with van der Waals surface area (Å²) in [5.74, 6) is 0.396. The Morgan fingerprint density at radius 1 is 1.54 bits per heavy atom. The topological polar surface area (TPSA) is 55.4 Å². The van der Waals surface area contributed by atoms with E-state index in [4.69, 9.17) is 16.3 Å². The first kappa shape index (κ1) is 13.2. The van der Waals surface area contributed by atoms with Gasteiger partial charge in [-0.05, 0) is 5.92 Å². The second-order valence-electron chi connectivity index (χ2n) is 2.93. The molecule has 1 unspecified atom stereocenters. The summed E-state index contributed by atoms with van der Waals surface area (Å²) < 4.78 is 29.6. The number of halogens is 1. The fourth-order valence-corrected chi connectivity index (χ4v) is 2.39. The molecule has 0 fully saturated rings. The van der Waals surface area contributed by atoms with Crippen molar-refractivity contribution >= 4 is 21.6 Å². The van der Waals surface area contributed by atoms with Crippen LogP contribution >= 0.6 is 11.6 Å². The van der Waals surface area contributed by atoms with Gasteiger partial charge in [0, 0.05) is 19.5 Å². The third kappa shape index (κ3) is 7.25. The summed E-state index contributed by atoms with van der Waals surface area (Å²) >= 11 is 5.50. The number of rotatable bonds is 7. The fraction of sp³-hybridized carbons (Fsp3) is 1.00. The van der Waals surface area contributed by atoms with Crippen LogP contribution in [-0.2, 0) is 14.8 Å². The minimum Gasteiger partial charge on any atom is -0.383 e. The average molecular weight is 230 g/mol. The second kappa shape index (κ2) is 6.59. The standard InChI is InChI=1S/C7H16ClNO3S/c1-7(5-8)6-13(10,11)9-3-4-12-2/h7,9H,3-6H2,1-2H3. The lowest BCUT2D eigenvalue weighted by molar-refractivity contribution is 0.204. The van der Waals surface area contributed by atoms with Crippen LogP contribution in [-0.4, -0.2) is 40.3 Å². The van der Waals surface area contributed by atoms with E-state index in [1.54, 1.807) is 6.92 Å². The van der Waals surface area contributed by atoms with Gasteiger partial charge < -0.3 is 4.74 Å². The molecule has 0 spiro atoms. The van der Waals surface area contributed by atoms with Crippen LogP contribution in [0.15, 0.2) is 0 Å². The van der Waals surface area contributed by atoms with Crippen molar-refractivity contribution in [1.82, 2.24) is 4.72 Å². The number of methoxy groups -OCH3 is 1. The SMILES string of the molecule is COCCNS(=O)(=O)CC(C)CCl. The van der Waals surface area contributed by atoms with Gasteiger partial charge in [0.1, 0.15) is 0 Å². The molecule has 1 N–H and O–H groups in total. The van der Waals surface area contributed by atoms with E-state index in [0.717, 1.165) is 0 Å². The van der Waals surface area contributed by atoms with Crippen LogP contribution in [0.2, 0.25) is 0 Å². The number of hydrogen-bond acceptors (Lipinski definition) is 3. The Bertz CT molecular complexity index is 218. The Morgan fingerprint density at radius 2 is 2.15 bits per heavy atom. The van der Waals surface area contributed by atoms with Gasteiger partial charge in [0.2, 0.25) is 10.0 Å². The summed E-state index contributed by atoms with van der Waals surface area (Å²) in [5, 5.41) is 0. The van der Waals surface area contributed by atoms with Crippen molar-refractivity contribution in [3.63, 3.8) is 0 Å². The summed E-state index contributed by atoms with van der Waals surface area (Å²) in [6, 6.07) is 0. The van der Waals surface area contributed by atoms with Crippen molar-refractivity contribution < 1.29 is 13.2 Å². The highest BCUT2D eigenvalue weighted by Gasteiger charge is 2.13. The largest absolute Gasteiger partial charge is 0.383 e. The van der Waals surface area contributed by atoms with Crippen LogP contribution in [0.25, 0.3) is 0 Å². The molecular weight excluding hydrogens is 214 g/mol. The molecule has 1 atom stereocenters. The summed E-state index contributed by atoms with van der Waals surface area (Å²) in [5.41, 5.74) is 0. The summed E-state index contributed by atoms with van der Waals surface area (Å²) in [6.07, 6.45) is 0. The lowest BCUT2D eigenvalue weighted by atomic mass is 10.3. The van der Waals surface area contributed by atoms with Gasteiger partial charge >= 0.3 is 0 Å². The highest BCUT2D eigenvalue weighted by atomic mass is 35.5. The minimum absolute atomic E-state index is 0.0262. The van der Waals surface area contributed by atoms with Crippen molar-refractivity contribution in [2.24, 2.45) is 5.92 Å². The van der Waals surface area contributed by atoms with E-state index in [1.165, 1.54) is 7.11 Å². The Kier molecular flexibility index (Phi) is 6.67. The molecule has 0 bridgehead atoms. The Balaban J connectivity index is 3.81. The highest BCUT2D eigenvalue weighted by Crippen LogP contribution is 2.01. The normalized spacial score (nSPS) is 14.4. The zero-order chi connectivity index (χ0) is 10.3. The van der Waals surface area contributed by atoms with Crippen LogP contribution in [0.3, 0.4) is 0 Å². The maximum Gasteiger partial charge on any atom is 0.211 e. The molecule has 0 saturated carbocycles. The molecule has 0 amide bonds. The maximum atomic E-state index is 11.2. The van der Waals surface area contributed by atoms with E-state index in [9.17, 15) is 8.42 Å². The lowest BCUT2D eigenvalue weighted by Crippen LogP contribution is -2.32. The minimum atomic E-state index is -3.18. The molecule has 4 nitrogen and oxygen atoms in total. The third-order valence-corrected chi connectivity index (χ3v) is 3.57. The zero-order valence-corrected chi connectivity index (χ0v) is 9.49. The van der Waals surface area contributed by atoms with E-state index in [-0.39, 0.29) is 11.7 Å². The molecule has 0 aliphatic rings. The summed E-state index contributed by atoms with van der Waals surface area (Å²) in [7, 11) is -1.66. The van der Waals surface area contributed by atoms with Gasteiger partial charge in [0.25, 0.3) is 0 Å². The predicted molar refractivity (Wildman–Crippen MR) is 53.5 cm³/mol. The molecule has 0 rings (SSSR count). The molecule has 80 valence electrons. The van der Waals surface area contributed by atoms with Crippen molar-refractivity contribution in [3.8, 4) is 0 Å². The third-order valence-electron chi connectivity index (χ3n) is 1.40. The second-order valence-corrected chi connectivity index (χ2v) is 5.09. The zero-order valence-electron chi connectivity index (χ0n) is 7.92. The Hall–Kier alpha value is 0.160. The van der Waals surface area contributed by atoms with Crippen molar-refractivity contribution in [2.75, 3.05) is 31.9 Å². The van der Waals surface area contributed by atoms with Gasteiger partial charge in [-0.3, -0.25) is 0 Å².